The van der Waals surface area contributed by atoms with Crippen molar-refractivity contribution in [2.45, 2.75) is 6.92 Å². The van der Waals surface area contributed by atoms with Gasteiger partial charge in [-0.1, -0.05) is 0 Å². The lowest BCUT2D eigenvalue weighted by atomic mass is 10.4. The number of ether oxygens (including phenoxy) is 1. The highest BCUT2D eigenvalue weighted by Gasteiger charge is 2.00. The van der Waals surface area contributed by atoms with Crippen LogP contribution in [-0.2, 0) is 14.3 Å². The van der Waals surface area contributed by atoms with Crippen LogP contribution in [0.5, 0.6) is 0 Å². The number of aliphatic hydroxyl groups is 1. The van der Waals surface area contributed by atoms with Crippen molar-refractivity contribution in [3.63, 3.8) is 0 Å². The summed E-state index contributed by atoms with van der Waals surface area (Å²) in [7, 11) is 0. The fourth-order valence-electron chi connectivity index (χ4n) is 0.210. The van der Waals surface area contributed by atoms with Gasteiger partial charge in [0.1, 0.15) is 6.61 Å². The normalized spacial score (nSPS) is 8.67. The zero-order valence-electron chi connectivity index (χ0n) is 4.96. The second-order valence-electron chi connectivity index (χ2n) is 1.38. The van der Waals surface area contributed by atoms with Crippen molar-refractivity contribution >= 4 is 11.8 Å². The number of hydrogen-bond donors (Lipinski definition) is 1. The number of esters is 1. The molecule has 9 heavy (non-hydrogen) atoms. The lowest BCUT2D eigenvalue weighted by Crippen LogP contribution is -2.11. The lowest BCUT2D eigenvalue weighted by Gasteiger charge is -1.95. The molecule has 0 aliphatic carbocycles. The second kappa shape index (κ2) is 4.03. The molecule has 0 fully saturated rings. The number of Topliss-reactive ketones (excluding diaryl/α,β-unsaturated/α-hetero) is 1. The van der Waals surface area contributed by atoms with Crippen molar-refractivity contribution in [2.75, 3.05) is 6.61 Å². The van der Waals surface area contributed by atoms with Crippen LogP contribution in [0.1, 0.15) is 6.92 Å². The van der Waals surface area contributed by atoms with E-state index in [0.29, 0.717) is 6.61 Å². The first kappa shape index (κ1) is 8.10. The first-order chi connectivity index (χ1) is 4.16. The van der Waals surface area contributed by atoms with Crippen LogP contribution in [-0.4, -0.2) is 23.5 Å². The Morgan fingerprint density at radius 3 is 2.56 bits per heavy atom. The van der Waals surface area contributed by atoms with Crippen LogP contribution in [0.3, 0.4) is 0 Å². The highest BCUT2D eigenvalue weighted by molar-refractivity contribution is 5.87. The van der Waals surface area contributed by atoms with Crippen molar-refractivity contribution < 1.29 is 19.4 Å². The zero-order valence-corrected chi connectivity index (χ0v) is 4.96. The van der Waals surface area contributed by atoms with Gasteiger partial charge < -0.3 is 9.84 Å². The van der Waals surface area contributed by atoms with Crippen LogP contribution in [0, 0.1) is 6.61 Å². The summed E-state index contributed by atoms with van der Waals surface area (Å²) >= 11 is 0. The number of rotatable bonds is 3. The van der Waals surface area contributed by atoms with E-state index in [9.17, 15) is 9.59 Å². The molecule has 0 aliphatic heterocycles. The SMILES string of the molecule is CC(=O)OCC(=O)[CH]O. The first-order valence-electron chi connectivity index (χ1n) is 2.30. The maximum atomic E-state index is 10.1. The standard InChI is InChI=1S/C5H7O4/c1-4(7)9-3-5(8)2-6/h2,6H,3H2,1H3. The number of hydrogen-bond acceptors (Lipinski definition) is 4. The molecule has 0 spiro atoms. The van der Waals surface area contributed by atoms with Crippen LogP contribution in [0.25, 0.3) is 0 Å². The molecular weight excluding hydrogens is 124 g/mol. The molecular formula is C5H7O4. The minimum atomic E-state index is -0.620. The van der Waals surface area contributed by atoms with E-state index in [1.54, 1.807) is 0 Å². The van der Waals surface area contributed by atoms with Crippen molar-refractivity contribution in [2.24, 2.45) is 0 Å². The van der Waals surface area contributed by atoms with Gasteiger partial charge in [0.2, 0.25) is 5.78 Å². The summed E-state index contributed by atoms with van der Waals surface area (Å²) in [6.07, 6.45) is 0. The van der Waals surface area contributed by atoms with Gasteiger partial charge in [-0.15, -0.1) is 0 Å². The van der Waals surface area contributed by atoms with E-state index < -0.39 is 11.8 Å². The van der Waals surface area contributed by atoms with Crippen LogP contribution < -0.4 is 0 Å². The fraction of sp³-hybridized carbons (Fsp3) is 0.400. The molecule has 4 nitrogen and oxygen atoms in total. The van der Waals surface area contributed by atoms with Gasteiger partial charge in [-0.25, -0.2) is 0 Å². The van der Waals surface area contributed by atoms with Crippen LogP contribution in [0.15, 0.2) is 0 Å². The summed E-state index contributed by atoms with van der Waals surface area (Å²) in [4.78, 5) is 20.1. The summed E-state index contributed by atoms with van der Waals surface area (Å²) < 4.78 is 4.21. The van der Waals surface area contributed by atoms with Gasteiger partial charge in [0.25, 0.3) is 0 Å². The van der Waals surface area contributed by atoms with Crippen molar-refractivity contribution in [3.05, 3.63) is 6.61 Å². The predicted molar refractivity (Wildman–Crippen MR) is 27.9 cm³/mol. The molecule has 1 N–H and O–H groups in total. The summed E-state index contributed by atoms with van der Waals surface area (Å²) in [6.45, 7) is 1.17. The topological polar surface area (TPSA) is 63.6 Å². The lowest BCUT2D eigenvalue weighted by molar-refractivity contribution is -0.145. The van der Waals surface area contributed by atoms with Gasteiger partial charge in [-0.2, -0.15) is 0 Å². The smallest absolute Gasteiger partial charge is 0.303 e. The van der Waals surface area contributed by atoms with E-state index in [1.165, 1.54) is 6.92 Å². The monoisotopic (exact) mass is 131 g/mol. The van der Waals surface area contributed by atoms with Crippen LogP contribution in [0.2, 0.25) is 0 Å². The Hall–Kier alpha value is -0.900. The molecule has 0 aromatic rings. The van der Waals surface area contributed by atoms with Gasteiger partial charge in [0.15, 0.2) is 6.61 Å². The van der Waals surface area contributed by atoms with E-state index >= 15 is 0 Å². The Bertz CT molecular complexity index is 118. The number of carbonyl (C=O) groups excluding carboxylic acids is 2. The molecule has 0 aromatic carbocycles. The summed E-state index contributed by atoms with van der Waals surface area (Å²) in [5.41, 5.74) is 0. The van der Waals surface area contributed by atoms with Gasteiger partial charge in [-0.05, 0) is 0 Å². The Labute approximate surface area is 52.4 Å². The van der Waals surface area contributed by atoms with Gasteiger partial charge >= 0.3 is 5.97 Å². The molecule has 0 bridgehead atoms. The van der Waals surface area contributed by atoms with Crippen LogP contribution >= 0.6 is 0 Å². The predicted octanol–water partition coefficient (Wildman–Crippen LogP) is -0.347. The third-order valence-electron chi connectivity index (χ3n) is 0.562. The number of aliphatic hydroxyl groups excluding tert-OH is 1. The molecule has 0 atom stereocenters. The highest BCUT2D eigenvalue weighted by atomic mass is 16.5. The number of carbonyl (C=O) groups is 2. The Morgan fingerprint density at radius 1 is 1.67 bits per heavy atom. The average Bonchev–Trinajstić information content (AvgIpc) is 1.83. The van der Waals surface area contributed by atoms with Gasteiger partial charge in [-0.3, -0.25) is 9.59 Å². The van der Waals surface area contributed by atoms with Crippen LogP contribution in [0.4, 0.5) is 0 Å². The van der Waals surface area contributed by atoms with E-state index in [-0.39, 0.29) is 6.61 Å². The largest absolute Gasteiger partial charge is 0.458 e. The maximum Gasteiger partial charge on any atom is 0.303 e. The minimum Gasteiger partial charge on any atom is -0.458 e. The number of ketones is 1. The quantitative estimate of drug-likeness (QED) is 0.532. The molecule has 0 amide bonds. The first-order valence-corrected chi connectivity index (χ1v) is 2.30. The zero-order chi connectivity index (χ0) is 7.28. The van der Waals surface area contributed by atoms with E-state index in [0.717, 1.165) is 0 Å². The third kappa shape index (κ3) is 4.96. The third-order valence-corrected chi connectivity index (χ3v) is 0.562. The molecule has 0 rings (SSSR count). The Balaban J connectivity index is 3.28. The molecule has 0 saturated heterocycles. The fourth-order valence-corrected chi connectivity index (χ4v) is 0.210. The van der Waals surface area contributed by atoms with E-state index in [4.69, 9.17) is 5.11 Å². The average molecular weight is 131 g/mol. The van der Waals surface area contributed by atoms with E-state index in [1.807, 2.05) is 0 Å². The molecule has 51 valence electrons. The van der Waals surface area contributed by atoms with Crippen molar-refractivity contribution in [1.29, 1.82) is 0 Å². The molecule has 4 heteroatoms. The van der Waals surface area contributed by atoms with E-state index in [2.05, 4.69) is 4.74 Å². The second-order valence-corrected chi connectivity index (χ2v) is 1.38. The molecule has 0 aromatic heterocycles. The molecule has 1 radical (unpaired) electrons. The molecule has 0 heterocycles. The minimum absolute atomic E-state index is 0.364. The highest BCUT2D eigenvalue weighted by Crippen LogP contribution is 1.79. The Kier molecular flexibility index (Phi) is 3.62. The van der Waals surface area contributed by atoms with Crippen molar-refractivity contribution in [1.82, 2.24) is 0 Å². The summed E-state index contributed by atoms with van der Waals surface area (Å²) in [5.74, 6) is -1.16. The molecule has 0 aliphatic rings. The summed E-state index contributed by atoms with van der Waals surface area (Å²) in [6, 6.07) is 0. The van der Waals surface area contributed by atoms with Gasteiger partial charge in [0.05, 0.1) is 0 Å². The summed E-state index contributed by atoms with van der Waals surface area (Å²) in [5, 5.41) is 7.98. The maximum absolute atomic E-state index is 10.1. The molecule has 0 saturated carbocycles. The van der Waals surface area contributed by atoms with Crippen molar-refractivity contribution in [3.8, 4) is 0 Å². The van der Waals surface area contributed by atoms with Gasteiger partial charge in [0, 0.05) is 6.92 Å². The Morgan fingerprint density at radius 2 is 2.22 bits per heavy atom. The molecule has 0 unspecified atom stereocenters.